The fraction of sp³-hybridized carbons (Fsp3) is 0.800. The van der Waals surface area contributed by atoms with Crippen LogP contribution < -0.4 is 0 Å². The molecule has 2 nitrogen and oxygen atoms in total. The Hall–Kier alpha value is 0.590. The van der Waals surface area contributed by atoms with Crippen LogP contribution in [0.25, 0.3) is 0 Å². The molecule has 0 aliphatic heterocycles. The molecule has 0 saturated heterocycles. The number of carbonyl (C=O) groups is 1. The Morgan fingerprint density at radius 2 is 2.00 bits per heavy atom. The summed E-state index contributed by atoms with van der Waals surface area (Å²) in [6, 6.07) is 0. The summed E-state index contributed by atoms with van der Waals surface area (Å²) >= 11 is 6.08. The van der Waals surface area contributed by atoms with E-state index in [2.05, 4.69) is 31.9 Å². The van der Waals surface area contributed by atoms with Gasteiger partial charge in [-0.25, -0.2) is 0 Å². The van der Waals surface area contributed by atoms with Crippen molar-refractivity contribution < 1.29 is 9.90 Å². The van der Waals surface area contributed by atoms with E-state index in [1.54, 1.807) is 0 Å². The summed E-state index contributed by atoms with van der Waals surface area (Å²) in [4.78, 5) is 10.6. The second kappa shape index (κ2) is 3.12. The molecule has 1 unspecified atom stereocenters. The van der Waals surface area contributed by atoms with E-state index in [9.17, 15) is 9.90 Å². The van der Waals surface area contributed by atoms with Gasteiger partial charge in [-0.05, 0) is 13.8 Å². The van der Waals surface area contributed by atoms with E-state index < -0.39 is 5.60 Å². The van der Waals surface area contributed by atoms with Gasteiger partial charge >= 0.3 is 0 Å². The standard InChI is InChI=1S/C5H8Br2O2/c1-3(8)5(2,9)4(6)7/h4,9H,1-2H3. The molecular formula is C5H8Br2O2. The zero-order valence-electron chi connectivity index (χ0n) is 5.19. The molecule has 54 valence electrons. The zero-order chi connectivity index (χ0) is 7.65. The average molecular weight is 260 g/mol. The SMILES string of the molecule is CC(=O)C(C)(O)C(Br)Br. The Morgan fingerprint density at radius 1 is 1.67 bits per heavy atom. The van der Waals surface area contributed by atoms with Gasteiger partial charge in [-0.3, -0.25) is 4.79 Å². The number of halogens is 2. The van der Waals surface area contributed by atoms with Crippen LogP contribution in [0.1, 0.15) is 13.8 Å². The van der Waals surface area contributed by atoms with Gasteiger partial charge < -0.3 is 5.11 Å². The predicted molar refractivity (Wildman–Crippen MR) is 42.9 cm³/mol. The van der Waals surface area contributed by atoms with Gasteiger partial charge in [-0.2, -0.15) is 0 Å². The highest BCUT2D eigenvalue weighted by molar-refractivity contribution is 9.24. The second-order valence-corrected chi connectivity index (χ2v) is 5.06. The van der Waals surface area contributed by atoms with Crippen molar-refractivity contribution in [2.45, 2.75) is 23.2 Å². The predicted octanol–water partition coefficient (Wildman–Crippen LogP) is 1.44. The number of carbonyl (C=O) groups excluding carboxylic acids is 1. The van der Waals surface area contributed by atoms with Crippen molar-refractivity contribution in [3.8, 4) is 0 Å². The van der Waals surface area contributed by atoms with Crippen molar-refractivity contribution in [1.82, 2.24) is 0 Å². The first-order valence-electron chi connectivity index (χ1n) is 2.40. The smallest absolute Gasteiger partial charge is 0.163 e. The van der Waals surface area contributed by atoms with Gasteiger partial charge in [0.25, 0.3) is 0 Å². The molecule has 0 aliphatic rings. The minimum atomic E-state index is -1.31. The van der Waals surface area contributed by atoms with Crippen molar-refractivity contribution >= 4 is 37.6 Å². The van der Waals surface area contributed by atoms with Gasteiger partial charge in [0, 0.05) is 0 Å². The molecule has 0 aromatic carbocycles. The fourth-order valence-electron chi connectivity index (χ4n) is 0.154. The minimum Gasteiger partial charge on any atom is -0.380 e. The summed E-state index contributed by atoms with van der Waals surface area (Å²) < 4.78 is -0.380. The molecule has 0 spiro atoms. The molecule has 0 fully saturated rings. The maximum absolute atomic E-state index is 10.6. The van der Waals surface area contributed by atoms with Crippen molar-refractivity contribution in [1.29, 1.82) is 0 Å². The maximum atomic E-state index is 10.6. The van der Waals surface area contributed by atoms with E-state index >= 15 is 0 Å². The highest BCUT2D eigenvalue weighted by Crippen LogP contribution is 2.23. The van der Waals surface area contributed by atoms with E-state index in [-0.39, 0.29) is 9.52 Å². The maximum Gasteiger partial charge on any atom is 0.163 e. The molecule has 0 aromatic heterocycles. The number of hydrogen-bond donors (Lipinski definition) is 1. The lowest BCUT2D eigenvalue weighted by Gasteiger charge is -2.20. The third-order valence-electron chi connectivity index (χ3n) is 1.14. The lowest BCUT2D eigenvalue weighted by atomic mass is 10.1. The quantitative estimate of drug-likeness (QED) is 0.763. The van der Waals surface area contributed by atoms with Crippen LogP contribution in [-0.4, -0.2) is 20.2 Å². The topological polar surface area (TPSA) is 37.3 Å². The van der Waals surface area contributed by atoms with E-state index in [0.717, 1.165) is 0 Å². The Morgan fingerprint density at radius 3 is 2.00 bits per heavy atom. The van der Waals surface area contributed by atoms with Gasteiger partial charge in [0.05, 0.1) is 0 Å². The van der Waals surface area contributed by atoms with Gasteiger partial charge in [-0.1, -0.05) is 31.9 Å². The molecule has 0 rings (SSSR count). The molecule has 0 aromatic rings. The second-order valence-electron chi connectivity index (χ2n) is 2.00. The molecule has 0 amide bonds. The molecule has 1 N–H and O–H groups in total. The number of aliphatic hydroxyl groups is 1. The monoisotopic (exact) mass is 258 g/mol. The summed E-state index contributed by atoms with van der Waals surface area (Å²) in [5, 5.41) is 9.23. The third kappa shape index (κ3) is 2.35. The first kappa shape index (κ1) is 9.59. The number of Topliss-reactive ketones (excluding diaryl/α,β-unsaturated/α-hetero) is 1. The van der Waals surface area contributed by atoms with E-state index in [0.29, 0.717) is 0 Å². The number of rotatable bonds is 2. The van der Waals surface area contributed by atoms with Crippen LogP contribution in [0.3, 0.4) is 0 Å². The summed E-state index contributed by atoms with van der Waals surface area (Å²) in [6.45, 7) is 2.79. The normalized spacial score (nSPS) is 17.6. The summed E-state index contributed by atoms with van der Waals surface area (Å²) in [5.41, 5.74) is -1.31. The van der Waals surface area contributed by atoms with Crippen molar-refractivity contribution in [2.75, 3.05) is 0 Å². The van der Waals surface area contributed by atoms with Crippen LogP contribution in [0.15, 0.2) is 0 Å². The summed E-state index contributed by atoms with van der Waals surface area (Å²) in [5.74, 6) is -0.263. The number of hydrogen-bond acceptors (Lipinski definition) is 2. The average Bonchev–Trinajstić information content (AvgIpc) is 1.65. The Labute approximate surface area is 70.9 Å². The Kier molecular flexibility index (Phi) is 3.33. The molecule has 0 saturated carbocycles. The number of alkyl halides is 2. The van der Waals surface area contributed by atoms with Crippen molar-refractivity contribution in [3.05, 3.63) is 0 Å². The van der Waals surface area contributed by atoms with Crippen molar-refractivity contribution in [2.24, 2.45) is 0 Å². The zero-order valence-corrected chi connectivity index (χ0v) is 8.36. The summed E-state index contributed by atoms with van der Waals surface area (Å²) in [7, 11) is 0. The summed E-state index contributed by atoms with van der Waals surface area (Å²) in [6.07, 6.45) is 0. The van der Waals surface area contributed by atoms with Crippen LogP contribution in [0, 0.1) is 0 Å². The minimum absolute atomic E-state index is 0.263. The Bertz CT molecular complexity index is 120. The largest absolute Gasteiger partial charge is 0.380 e. The fourth-order valence-corrected chi connectivity index (χ4v) is 0.798. The lowest BCUT2D eigenvalue weighted by Crippen LogP contribution is -2.39. The first-order chi connectivity index (χ1) is 3.89. The van der Waals surface area contributed by atoms with Gasteiger partial charge in [0.15, 0.2) is 5.78 Å². The number of ketones is 1. The lowest BCUT2D eigenvalue weighted by molar-refractivity contribution is -0.131. The van der Waals surface area contributed by atoms with Crippen LogP contribution >= 0.6 is 31.9 Å². The molecule has 1 atom stereocenters. The van der Waals surface area contributed by atoms with E-state index in [1.807, 2.05) is 0 Å². The third-order valence-corrected chi connectivity index (χ3v) is 2.92. The van der Waals surface area contributed by atoms with Gasteiger partial charge in [-0.15, -0.1) is 0 Å². The van der Waals surface area contributed by atoms with Crippen LogP contribution in [0.2, 0.25) is 0 Å². The Balaban J connectivity index is 4.19. The molecular weight excluding hydrogens is 252 g/mol. The van der Waals surface area contributed by atoms with Crippen LogP contribution in [-0.2, 0) is 4.79 Å². The van der Waals surface area contributed by atoms with Gasteiger partial charge in [0.2, 0.25) is 0 Å². The molecule has 0 aliphatic carbocycles. The molecule has 0 heterocycles. The van der Waals surface area contributed by atoms with E-state index in [1.165, 1.54) is 13.8 Å². The highest BCUT2D eigenvalue weighted by Gasteiger charge is 2.32. The first-order valence-corrected chi connectivity index (χ1v) is 4.23. The van der Waals surface area contributed by atoms with Gasteiger partial charge in [0.1, 0.15) is 9.34 Å². The molecule has 4 heteroatoms. The highest BCUT2D eigenvalue weighted by atomic mass is 79.9. The van der Waals surface area contributed by atoms with Crippen molar-refractivity contribution in [3.63, 3.8) is 0 Å². The van der Waals surface area contributed by atoms with E-state index in [4.69, 9.17) is 0 Å². The molecule has 9 heavy (non-hydrogen) atoms. The van der Waals surface area contributed by atoms with Crippen LogP contribution in [0.5, 0.6) is 0 Å². The van der Waals surface area contributed by atoms with Crippen LogP contribution in [0.4, 0.5) is 0 Å². The molecule has 0 radical (unpaired) electrons. The molecule has 0 bridgehead atoms.